The summed E-state index contributed by atoms with van der Waals surface area (Å²) in [5.74, 6) is -1.86. The Morgan fingerprint density at radius 3 is 2.80 bits per heavy atom. The van der Waals surface area contributed by atoms with Gasteiger partial charge in [-0.05, 0) is 6.42 Å². The zero-order valence-corrected chi connectivity index (χ0v) is 7.43. The smallest absolute Gasteiger partial charge is 0.350 e. The van der Waals surface area contributed by atoms with Crippen molar-refractivity contribution in [1.29, 1.82) is 0 Å². The van der Waals surface area contributed by atoms with E-state index in [1.807, 2.05) is 0 Å². The summed E-state index contributed by atoms with van der Waals surface area (Å²) in [6.07, 6.45) is -3.10. The lowest BCUT2D eigenvalue weighted by molar-refractivity contribution is -0.145. The summed E-state index contributed by atoms with van der Waals surface area (Å²) in [6.45, 7) is 0.403. The van der Waals surface area contributed by atoms with E-state index in [4.69, 9.17) is 0 Å². The third-order valence-corrected chi connectivity index (χ3v) is 2.01. The molecule has 0 aliphatic carbocycles. The van der Waals surface area contributed by atoms with Gasteiger partial charge in [0.25, 0.3) is 5.91 Å². The molecule has 7 heteroatoms. The molecular formula is C8H6F3N3O. The zero-order chi connectivity index (χ0) is 11.1. The van der Waals surface area contributed by atoms with Crippen LogP contribution in [0.3, 0.4) is 0 Å². The SMILES string of the molecule is O=C1NCCc2cnc(C(F)(F)F)nc21. The fraction of sp³-hybridized carbons (Fsp3) is 0.375. The lowest BCUT2D eigenvalue weighted by Crippen LogP contribution is -2.34. The molecule has 2 heterocycles. The summed E-state index contributed by atoms with van der Waals surface area (Å²) in [5.41, 5.74) is 0.273. The molecule has 0 radical (unpaired) electrons. The van der Waals surface area contributed by atoms with Crippen LogP contribution in [-0.4, -0.2) is 22.4 Å². The van der Waals surface area contributed by atoms with Gasteiger partial charge in [-0.15, -0.1) is 0 Å². The third-order valence-electron chi connectivity index (χ3n) is 2.01. The molecule has 80 valence electrons. The van der Waals surface area contributed by atoms with Crippen LogP contribution in [0.2, 0.25) is 0 Å². The van der Waals surface area contributed by atoms with Crippen LogP contribution < -0.4 is 5.32 Å². The number of hydrogen-bond donors (Lipinski definition) is 1. The van der Waals surface area contributed by atoms with Crippen molar-refractivity contribution in [3.05, 3.63) is 23.3 Å². The summed E-state index contributed by atoms with van der Waals surface area (Å²) in [7, 11) is 0. The van der Waals surface area contributed by atoms with E-state index >= 15 is 0 Å². The van der Waals surface area contributed by atoms with E-state index in [1.54, 1.807) is 0 Å². The fourth-order valence-corrected chi connectivity index (χ4v) is 1.32. The number of nitrogens with zero attached hydrogens (tertiary/aromatic N) is 2. The number of alkyl halides is 3. The monoisotopic (exact) mass is 217 g/mol. The predicted octanol–water partition coefficient (Wildman–Crippen LogP) is 0.781. The molecule has 0 spiro atoms. The van der Waals surface area contributed by atoms with Crippen molar-refractivity contribution in [2.45, 2.75) is 12.6 Å². The third kappa shape index (κ3) is 1.77. The Labute approximate surface area is 82.5 Å². The summed E-state index contributed by atoms with van der Waals surface area (Å²) in [5, 5.41) is 2.42. The first-order chi connectivity index (χ1) is 6.98. The van der Waals surface area contributed by atoms with Crippen molar-refractivity contribution < 1.29 is 18.0 Å². The number of fused-ring (bicyclic) bond motifs is 1. The highest BCUT2D eigenvalue weighted by Crippen LogP contribution is 2.26. The van der Waals surface area contributed by atoms with Gasteiger partial charge in [-0.1, -0.05) is 0 Å². The van der Waals surface area contributed by atoms with E-state index < -0.39 is 17.9 Å². The number of carbonyl (C=O) groups excluding carboxylic acids is 1. The molecule has 1 aliphatic rings. The van der Waals surface area contributed by atoms with E-state index in [0.29, 0.717) is 18.5 Å². The van der Waals surface area contributed by atoms with Crippen LogP contribution >= 0.6 is 0 Å². The first kappa shape index (κ1) is 9.88. The maximum atomic E-state index is 12.2. The average Bonchev–Trinajstić information content (AvgIpc) is 2.16. The van der Waals surface area contributed by atoms with E-state index in [2.05, 4.69) is 15.3 Å². The number of aromatic nitrogens is 2. The lowest BCUT2D eigenvalue weighted by atomic mass is 10.1. The molecule has 15 heavy (non-hydrogen) atoms. The van der Waals surface area contributed by atoms with Crippen LogP contribution in [0.5, 0.6) is 0 Å². The minimum Gasteiger partial charge on any atom is -0.350 e. The molecule has 1 aromatic rings. The number of rotatable bonds is 0. The van der Waals surface area contributed by atoms with Gasteiger partial charge in [-0.2, -0.15) is 13.2 Å². The number of carbonyl (C=O) groups is 1. The quantitative estimate of drug-likeness (QED) is 0.698. The summed E-state index contributed by atoms with van der Waals surface area (Å²) >= 11 is 0. The number of halogens is 3. The second-order valence-corrected chi connectivity index (χ2v) is 3.07. The second-order valence-electron chi connectivity index (χ2n) is 3.07. The minimum atomic E-state index is -4.62. The van der Waals surface area contributed by atoms with Crippen molar-refractivity contribution in [3.8, 4) is 0 Å². The lowest BCUT2D eigenvalue weighted by Gasteiger charge is -2.15. The largest absolute Gasteiger partial charge is 0.451 e. The molecule has 0 atom stereocenters. The minimum absolute atomic E-state index is 0.177. The number of nitrogens with one attached hydrogen (secondary N) is 1. The molecule has 1 aromatic heterocycles. The number of amides is 1. The Balaban J connectivity index is 2.49. The van der Waals surface area contributed by atoms with E-state index in [-0.39, 0.29) is 5.69 Å². The molecule has 0 saturated heterocycles. The standard InChI is InChI=1S/C8H6F3N3O/c9-8(10,11)7-13-3-4-1-2-12-6(15)5(4)14-7/h3H,1-2H2,(H,12,15). The van der Waals surface area contributed by atoms with Crippen LogP contribution in [0, 0.1) is 0 Å². The molecule has 2 rings (SSSR count). The molecule has 1 aliphatic heterocycles. The molecule has 0 saturated carbocycles. The Hall–Kier alpha value is -1.66. The van der Waals surface area contributed by atoms with Crippen molar-refractivity contribution >= 4 is 5.91 Å². The highest BCUT2D eigenvalue weighted by molar-refractivity contribution is 5.94. The summed E-state index contributed by atoms with van der Waals surface area (Å²) in [6, 6.07) is 0. The first-order valence-corrected chi connectivity index (χ1v) is 4.20. The van der Waals surface area contributed by atoms with Gasteiger partial charge in [0.2, 0.25) is 5.82 Å². The fourth-order valence-electron chi connectivity index (χ4n) is 1.32. The topological polar surface area (TPSA) is 54.9 Å². The number of hydrogen-bond acceptors (Lipinski definition) is 3. The zero-order valence-electron chi connectivity index (χ0n) is 7.43. The van der Waals surface area contributed by atoms with Crippen LogP contribution in [-0.2, 0) is 12.6 Å². The van der Waals surface area contributed by atoms with Crippen LogP contribution in [0.25, 0.3) is 0 Å². The Morgan fingerprint density at radius 2 is 2.13 bits per heavy atom. The van der Waals surface area contributed by atoms with Gasteiger partial charge >= 0.3 is 6.18 Å². The van der Waals surface area contributed by atoms with Gasteiger partial charge in [-0.3, -0.25) is 4.79 Å². The van der Waals surface area contributed by atoms with Gasteiger partial charge in [0.1, 0.15) is 5.69 Å². The second kappa shape index (κ2) is 3.18. The highest BCUT2D eigenvalue weighted by Gasteiger charge is 2.36. The van der Waals surface area contributed by atoms with E-state index in [0.717, 1.165) is 6.20 Å². The van der Waals surface area contributed by atoms with Gasteiger partial charge in [0.05, 0.1) is 0 Å². The maximum Gasteiger partial charge on any atom is 0.451 e. The summed E-state index contributed by atoms with van der Waals surface area (Å²) < 4.78 is 36.7. The van der Waals surface area contributed by atoms with E-state index in [1.165, 1.54) is 0 Å². The van der Waals surface area contributed by atoms with Crippen molar-refractivity contribution in [3.63, 3.8) is 0 Å². The Morgan fingerprint density at radius 1 is 1.40 bits per heavy atom. The van der Waals surface area contributed by atoms with Gasteiger partial charge < -0.3 is 5.32 Å². The normalized spacial score (nSPS) is 15.8. The van der Waals surface area contributed by atoms with Crippen molar-refractivity contribution in [2.24, 2.45) is 0 Å². The molecule has 0 bridgehead atoms. The maximum absolute atomic E-state index is 12.2. The predicted molar refractivity (Wildman–Crippen MR) is 43.1 cm³/mol. The highest BCUT2D eigenvalue weighted by atomic mass is 19.4. The van der Waals surface area contributed by atoms with Gasteiger partial charge in [0.15, 0.2) is 0 Å². The Kier molecular flexibility index (Phi) is 2.09. The van der Waals surface area contributed by atoms with Crippen LogP contribution in [0.15, 0.2) is 6.20 Å². The molecule has 1 N–H and O–H groups in total. The van der Waals surface area contributed by atoms with Gasteiger partial charge in [-0.25, -0.2) is 9.97 Å². The summed E-state index contributed by atoms with van der Waals surface area (Å²) in [4.78, 5) is 17.6. The average molecular weight is 217 g/mol. The molecule has 4 nitrogen and oxygen atoms in total. The first-order valence-electron chi connectivity index (χ1n) is 4.20. The molecule has 0 aromatic carbocycles. The van der Waals surface area contributed by atoms with Crippen LogP contribution in [0.1, 0.15) is 21.9 Å². The molecule has 0 unspecified atom stereocenters. The van der Waals surface area contributed by atoms with Crippen molar-refractivity contribution in [2.75, 3.05) is 6.54 Å². The van der Waals surface area contributed by atoms with Gasteiger partial charge in [0, 0.05) is 18.3 Å². The van der Waals surface area contributed by atoms with Crippen LogP contribution in [0.4, 0.5) is 13.2 Å². The Bertz CT molecular complexity index is 416. The van der Waals surface area contributed by atoms with Crippen molar-refractivity contribution in [1.82, 2.24) is 15.3 Å². The molecule has 1 amide bonds. The van der Waals surface area contributed by atoms with E-state index in [9.17, 15) is 18.0 Å². The molecule has 0 fully saturated rings. The molecular weight excluding hydrogens is 211 g/mol.